The number of hydrogen-bond acceptors (Lipinski definition) is 1. The molecule has 0 fully saturated rings. The summed E-state index contributed by atoms with van der Waals surface area (Å²) < 4.78 is 2.16. The highest BCUT2D eigenvalue weighted by Crippen LogP contribution is 2.16. The van der Waals surface area contributed by atoms with Crippen molar-refractivity contribution in [2.24, 2.45) is 0 Å². The van der Waals surface area contributed by atoms with Crippen molar-refractivity contribution in [1.82, 2.24) is 9.55 Å². The normalized spacial score (nSPS) is 10.8. The molecule has 2 heteroatoms. The van der Waals surface area contributed by atoms with Crippen LogP contribution in [0, 0.1) is 13.8 Å². The van der Waals surface area contributed by atoms with Crippen molar-refractivity contribution in [3.8, 4) is 0 Å². The molecule has 0 amide bonds. The van der Waals surface area contributed by atoms with Crippen LogP contribution in [0.25, 0.3) is 0 Å². The predicted octanol–water partition coefficient (Wildman–Crippen LogP) is 4.33. The van der Waals surface area contributed by atoms with Gasteiger partial charge in [0.05, 0.1) is 12.0 Å². The maximum Gasteiger partial charge on any atom is 0.0952 e. The Morgan fingerprint density at radius 2 is 1.59 bits per heavy atom. The van der Waals surface area contributed by atoms with Crippen molar-refractivity contribution in [1.29, 1.82) is 0 Å². The van der Waals surface area contributed by atoms with E-state index in [9.17, 15) is 0 Å². The zero-order valence-electron chi connectivity index (χ0n) is 13.3. The molecule has 2 aromatic carbocycles. The number of rotatable bonds is 5. The van der Waals surface area contributed by atoms with Gasteiger partial charge in [-0.15, -0.1) is 0 Å². The quantitative estimate of drug-likeness (QED) is 0.683. The number of aryl methyl sites for hydroxylation is 3. The van der Waals surface area contributed by atoms with Crippen LogP contribution in [0.4, 0.5) is 0 Å². The fourth-order valence-electron chi connectivity index (χ4n) is 2.91. The highest BCUT2D eigenvalue weighted by molar-refractivity contribution is 5.34. The molecule has 3 rings (SSSR count). The minimum Gasteiger partial charge on any atom is -0.333 e. The second-order valence-corrected chi connectivity index (χ2v) is 5.89. The van der Waals surface area contributed by atoms with Gasteiger partial charge in [-0.25, -0.2) is 4.98 Å². The molecule has 112 valence electrons. The van der Waals surface area contributed by atoms with Crippen molar-refractivity contribution in [2.75, 3.05) is 0 Å². The van der Waals surface area contributed by atoms with Crippen LogP contribution >= 0.6 is 0 Å². The van der Waals surface area contributed by atoms with Crippen LogP contribution in [0.2, 0.25) is 0 Å². The SMILES string of the molecule is Cc1cccc(C)c1CCc1cn(Cc2ccccc2)cn1. The van der Waals surface area contributed by atoms with E-state index in [4.69, 9.17) is 0 Å². The van der Waals surface area contributed by atoms with Crippen molar-refractivity contribution < 1.29 is 0 Å². The molecule has 3 aromatic rings. The number of aromatic nitrogens is 2. The van der Waals surface area contributed by atoms with Crippen molar-refractivity contribution >= 4 is 0 Å². The Labute approximate surface area is 132 Å². The molecule has 0 aliphatic rings. The molecule has 0 unspecified atom stereocenters. The van der Waals surface area contributed by atoms with Gasteiger partial charge in [0.2, 0.25) is 0 Å². The van der Waals surface area contributed by atoms with E-state index in [1.165, 1.54) is 27.9 Å². The number of benzene rings is 2. The Bertz CT molecular complexity index is 721. The summed E-state index contributed by atoms with van der Waals surface area (Å²) in [7, 11) is 0. The third kappa shape index (κ3) is 3.45. The summed E-state index contributed by atoms with van der Waals surface area (Å²) in [5.74, 6) is 0. The summed E-state index contributed by atoms with van der Waals surface area (Å²) >= 11 is 0. The fourth-order valence-corrected chi connectivity index (χ4v) is 2.91. The Balaban J connectivity index is 1.65. The summed E-state index contributed by atoms with van der Waals surface area (Å²) in [4.78, 5) is 4.55. The Kier molecular flexibility index (Phi) is 4.38. The average Bonchev–Trinajstić information content (AvgIpc) is 2.95. The Morgan fingerprint density at radius 3 is 2.32 bits per heavy atom. The van der Waals surface area contributed by atoms with Crippen molar-refractivity contribution in [3.63, 3.8) is 0 Å². The molecule has 2 nitrogen and oxygen atoms in total. The maximum absolute atomic E-state index is 4.55. The fraction of sp³-hybridized carbons (Fsp3) is 0.250. The van der Waals surface area contributed by atoms with Crippen molar-refractivity contribution in [2.45, 2.75) is 33.2 Å². The van der Waals surface area contributed by atoms with E-state index in [0.717, 1.165) is 19.4 Å². The lowest BCUT2D eigenvalue weighted by atomic mass is 9.98. The van der Waals surface area contributed by atoms with E-state index in [1.54, 1.807) is 0 Å². The van der Waals surface area contributed by atoms with E-state index in [0.29, 0.717) is 0 Å². The average molecular weight is 290 g/mol. The van der Waals surface area contributed by atoms with E-state index < -0.39 is 0 Å². The molecular weight excluding hydrogens is 268 g/mol. The third-order valence-corrected chi connectivity index (χ3v) is 4.17. The minimum atomic E-state index is 0.886. The molecule has 0 N–H and O–H groups in total. The monoisotopic (exact) mass is 290 g/mol. The van der Waals surface area contributed by atoms with Gasteiger partial charge in [0, 0.05) is 12.7 Å². The summed E-state index contributed by atoms with van der Waals surface area (Å²) in [5, 5.41) is 0. The second kappa shape index (κ2) is 6.61. The summed E-state index contributed by atoms with van der Waals surface area (Å²) in [6, 6.07) is 17.0. The molecule has 0 atom stereocenters. The zero-order valence-corrected chi connectivity index (χ0v) is 13.3. The van der Waals surface area contributed by atoms with Gasteiger partial charge in [0.25, 0.3) is 0 Å². The van der Waals surface area contributed by atoms with Gasteiger partial charge in [-0.3, -0.25) is 0 Å². The molecule has 0 bridgehead atoms. The van der Waals surface area contributed by atoms with Crippen LogP contribution in [-0.2, 0) is 19.4 Å². The summed E-state index contributed by atoms with van der Waals surface area (Å²) in [6.07, 6.45) is 6.15. The molecule has 0 radical (unpaired) electrons. The lowest BCUT2D eigenvalue weighted by Gasteiger charge is -2.08. The first-order valence-electron chi connectivity index (χ1n) is 7.82. The molecule has 1 heterocycles. The molecule has 22 heavy (non-hydrogen) atoms. The van der Waals surface area contributed by atoms with Gasteiger partial charge in [-0.05, 0) is 48.9 Å². The van der Waals surface area contributed by atoms with Crippen LogP contribution in [0.15, 0.2) is 61.1 Å². The Morgan fingerprint density at radius 1 is 0.864 bits per heavy atom. The zero-order chi connectivity index (χ0) is 15.4. The molecule has 0 saturated carbocycles. The predicted molar refractivity (Wildman–Crippen MR) is 91.1 cm³/mol. The standard InChI is InChI=1S/C20H22N2/c1-16-7-6-8-17(2)20(16)12-11-19-14-22(15-21-19)13-18-9-4-3-5-10-18/h3-10,14-15H,11-13H2,1-2H3. The van der Waals surface area contributed by atoms with Gasteiger partial charge in [0.15, 0.2) is 0 Å². The third-order valence-electron chi connectivity index (χ3n) is 4.17. The van der Waals surface area contributed by atoms with E-state index >= 15 is 0 Å². The minimum absolute atomic E-state index is 0.886. The largest absolute Gasteiger partial charge is 0.333 e. The lowest BCUT2D eigenvalue weighted by Crippen LogP contribution is -1.98. The lowest BCUT2D eigenvalue weighted by molar-refractivity contribution is 0.795. The van der Waals surface area contributed by atoms with Gasteiger partial charge in [-0.1, -0.05) is 48.5 Å². The van der Waals surface area contributed by atoms with Crippen LogP contribution in [0.5, 0.6) is 0 Å². The molecule has 0 aliphatic carbocycles. The highest BCUT2D eigenvalue weighted by atomic mass is 15.0. The van der Waals surface area contributed by atoms with Crippen LogP contribution < -0.4 is 0 Å². The molecule has 1 aromatic heterocycles. The first-order valence-corrected chi connectivity index (χ1v) is 7.82. The molecule has 0 saturated heterocycles. The topological polar surface area (TPSA) is 17.8 Å². The Hall–Kier alpha value is -2.35. The molecule has 0 spiro atoms. The van der Waals surface area contributed by atoms with E-state index in [2.05, 4.69) is 72.1 Å². The van der Waals surface area contributed by atoms with Crippen LogP contribution in [0.1, 0.15) is 27.9 Å². The number of nitrogens with zero attached hydrogens (tertiary/aromatic N) is 2. The van der Waals surface area contributed by atoms with Gasteiger partial charge >= 0.3 is 0 Å². The second-order valence-electron chi connectivity index (χ2n) is 5.89. The summed E-state index contributed by atoms with van der Waals surface area (Å²) in [5.41, 5.74) is 6.69. The smallest absolute Gasteiger partial charge is 0.0952 e. The van der Waals surface area contributed by atoms with Crippen LogP contribution in [0.3, 0.4) is 0 Å². The number of imidazole rings is 1. The van der Waals surface area contributed by atoms with Crippen LogP contribution in [-0.4, -0.2) is 9.55 Å². The first kappa shape index (κ1) is 14.6. The van der Waals surface area contributed by atoms with E-state index in [1.807, 2.05) is 12.4 Å². The molecule has 0 aliphatic heterocycles. The maximum atomic E-state index is 4.55. The number of hydrogen-bond donors (Lipinski definition) is 0. The highest BCUT2D eigenvalue weighted by Gasteiger charge is 2.05. The van der Waals surface area contributed by atoms with Gasteiger partial charge < -0.3 is 4.57 Å². The van der Waals surface area contributed by atoms with Crippen molar-refractivity contribution in [3.05, 3.63) is 89.0 Å². The van der Waals surface area contributed by atoms with Gasteiger partial charge in [0.1, 0.15) is 0 Å². The van der Waals surface area contributed by atoms with E-state index in [-0.39, 0.29) is 0 Å². The first-order chi connectivity index (χ1) is 10.7. The summed E-state index contributed by atoms with van der Waals surface area (Å²) in [6.45, 7) is 5.27. The van der Waals surface area contributed by atoms with Gasteiger partial charge in [-0.2, -0.15) is 0 Å². The molecular formula is C20H22N2.